The molecule has 0 unspecified atom stereocenters. The predicted octanol–water partition coefficient (Wildman–Crippen LogP) is 5.32. The van der Waals surface area contributed by atoms with E-state index in [4.69, 9.17) is 23.8 Å². The van der Waals surface area contributed by atoms with E-state index in [0.29, 0.717) is 15.7 Å². The first-order valence-corrected chi connectivity index (χ1v) is 9.24. The lowest BCUT2D eigenvalue weighted by molar-refractivity contribution is -0.575. The van der Waals surface area contributed by atoms with Gasteiger partial charge in [-0.3, -0.25) is 0 Å². The van der Waals surface area contributed by atoms with Crippen LogP contribution in [0.3, 0.4) is 0 Å². The van der Waals surface area contributed by atoms with Gasteiger partial charge in [0.15, 0.2) is 17.4 Å². The van der Waals surface area contributed by atoms with E-state index in [9.17, 15) is 5.11 Å². The molecule has 0 aliphatic carbocycles. The van der Waals surface area contributed by atoms with E-state index in [2.05, 4.69) is 5.32 Å². The van der Waals surface area contributed by atoms with Crippen LogP contribution >= 0.6 is 35.2 Å². The Morgan fingerprint density at radius 1 is 1.16 bits per heavy atom. The molecule has 6 heteroatoms. The number of nitrogens with zero attached hydrogens (tertiary/aromatic N) is 1. The molecule has 0 saturated heterocycles. The molecule has 3 rings (SSSR count). The molecule has 1 aromatic carbocycles. The first-order chi connectivity index (χ1) is 12.1. The summed E-state index contributed by atoms with van der Waals surface area (Å²) in [7, 11) is 0. The van der Waals surface area contributed by atoms with Crippen LogP contribution in [0.15, 0.2) is 66.3 Å². The SMILES string of the molecule is Cc1ccc(NC(=S)/C(=C(\O)c2cccs2)[n+]2ccccc2)cc1Cl. The molecular weight excluding hydrogens is 372 g/mol. The number of pyridine rings is 1. The van der Waals surface area contributed by atoms with E-state index in [1.54, 1.807) is 4.57 Å². The van der Waals surface area contributed by atoms with Crippen LogP contribution in [-0.2, 0) is 0 Å². The summed E-state index contributed by atoms with van der Waals surface area (Å²) in [5, 5.41) is 16.5. The number of thiocarbonyl (C=S) groups is 1. The number of halogens is 1. The number of nitrogens with one attached hydrogen (secondary N) is 1. The maximum Gasteiger partial charge on any atom is 0.289 e. The Hall–Kier alpha value is -2.21. The molecule has 3 nitrogen and oxygen atoms in total. The van der Waals surface area contributed by atoms with Gasteiger partial charge in [0.1, 0.15) is 0 Å². The van der Waals surface area contributed by atoms with Gasteiger partial charge < -0.3 is 10.4 Å². The van der Waals surface area contributed by atoms with E-state index >= 15 is 0 Å². The van der Waals surface area contributed by atoms with Gasteiger partial charge in [0.25, 0.3) is 5.70 Å². The third-order valence-electron chi connectivity index (χ3n) is 3.60. The van der Waals surface area contributed by atoms with Crippen molar-refractivity contribution in [2.75, 3.05) is 5.32 Å². The molecule has 0 aliphatic heterocycles. The lowest BCUT2D eigenvalue weighted by atomic mass is 10.2. The average molecular weight is 388 g/mol. The van der Waals surface area contributed by atoms with Crippen LogP contribution in [0.2, 0.25) is 5.02 Å². The molecule has 2 aromatic heterocycles. The number of benzene rings is 1. The molecule has 25 heavy (non-hydrogen) atoms. The predicted molar refractivity (Wildman–Crippen MR) is 109 cm³/mol. The first kappa shape index (κ1) is 17.6. The van der Waals surface area contributed by atoms with Gasteiger partial charge in [-0.15, -0.1) is 11.3 Å². The van der Waals surface area contributed by atoms with Gasteiger partial charge in [-0.05, 0) is 36.1 Å². The fourth-order valence-electron chi connectivity index (χ4n) is 2.29. The van der Waals surface area contributed by atoms with E-state index in [-0.39, 0.29) is 5.76 Å². The summed E-state index contributed by atoms with van der Waals surface area (Å²) < 4.78 is 1.79. The van der Waals surface area contributed by atoms with Gasteiger partial charge in [0, 0.05) is 22.8 Å². The Morgan fingerprint density at radius 3 is 2.56 bits per heavy atom. The molecule has 3 aromatic rings. The highest BCUT2D eigenvalue weighted by molar-refractivity contribution is 7.81. The Morgan fingerprint density at radius 2 is 1.92 bits per heavy atom. The fourth-order valence-corrected chi connectivity index (χ4v) is 3.46. The van der Waals surface area contributed by atoms with Gasteiger partial charge in [-0.25, -0.2) is 0 Å². The second-order valence-electron chi connectivity index (χ2n) is 5.38. The third kappa shape index (κ3) is 4.07. The monoisotopic (exact) mass is 387 g/mol. The second kappa shape index (κ2) is 7.78. The third-order valence-corrected chi connectivity index (χ3v) is 5.18. The molecule has 0 saturated carbocycles. The van der Waals surface area contributed by atoms with E-state index in [0.717, 1.165) is 16.1 Å². The van der Waals surface area contributed by atoms with Crippen LogP contribution in [0.25, 0.3) is 11.5 Å². The van der Waals surface area contributed by atoms with Crippen molar-refractivity contribution in [3.63, 3.8) is 0 Å². The number of hydrogen-bond donors (Lipinski definition) is 2. The number of hydrogen-bond acceptors (Lipinski definition) is 3. The van der Waals surface area contributed by atoms with Crippen molar-refractivity contribution >= 4 is 57.3 Å². The molecule has 0 aliphatic rings. The zero-order valence-electron chi connectivity index (χ0n) is 13.4. The number of thiophene rings is 1. The standard InChI is InChI=1S/C19H15ClN2OS2/c1-13-7-8-14(12-15(13)20)21-19(24)17(22-9-3-2-4-10-22)18(23)16-6-5-11-25-16/h2-12H,1H3,(H-,21,23,24)/p+1. The van der Waals surface area contributed by atoms with Crippen molar-refractivity contribution in [2.45, 2.75) is 6.92 Å². The number of aromatic nitrogens is 1. The lowest BCUT2D eigenvalue weighted by Gasteiger charge is -2.10. The second-order valence-corrected chi connectivity index (χ2v) is 7.14. The molecule has 0 amide bonds. The number of rotatable bonds is 4. The van der Waals surface area contributed by atoms with Crippen molar-refractivity contribution in [1.29, 1.82) is 0 Å². The Bertz CT molecular complexity index is 922. The molecule has 126 valence electrons. The van der Waals surface area contributed by atoms with Crippen molar-refractivity contribution in [3.05, 3.63) is 81.8 Å². The van der Waals surface area contributed by atoms with Crippen LogP contribution in [-0.4, -0.2) is 10.1 Å². The van der Waals surface area contributed by atoms with Gasteiger partial charge >= 0.3 is 0 Å². The Labute approximate surface area is 160 Å². The topological polar surface area (TPSA) is 36.1 Å². The quantitative estimate of drug-likeness (QED) is 0.275. The summed E-state index contributed by atoms with van der Waals surface area (Å²) in [5.74, 6) is 0.127. The first-order valence-electron chi connectivity index (χ1n) is 7.57. The van der Waals surface area contributed by atoms with Gasteiger partial charge in [-0.2, -0.15) is 4.57 Å². The Balaban J connectivity index is 2.01. The largest absolute Gasteiger partial charge is 0.501 e. The van der Waals surface area contributed by atoms with E-state index in [1.807, 2.05) is 73.2 Å². The zero-order valence-corrected chi connectivity index (χ0v) is 15.8. The summed E-state index contributed by atoms with van der Waals surface area (Å²) in [6.45, 7) is 1.94. The van der Waals surface area contributed by atoms with Crippen LogP contribution in [0.5, 0.6) is 0 Å². The maximum absolute atomic E-state index is 10.8. The normalized spacial score (nSPS) is 11.8. The minimum atomic E-state index is 0.127. The lowest BCUT2D eigenvalue weighted by Crippen LogP contribution is -2.38. The summed E-state index contributed by atoms with van der Waals surface area (Å²) in [6.07, 6.45) is 3.69. The van der Waals surface area contributed by atoms with Crippen molar-refractivity contribution in [2.24, 2.45) is 0 Å². The molecule has 2 heterocycles. The molecular formula is C19H16ClN2OS2+. The van der Waals surface area contributed by atoms with Crippen LogP contribution in [0.4, 0.5) is 5.69 Å². The number of aliphatic hydroxyl groups excluding tert-OH is 1. The fraction of sp³-hybridized carbons (Fsp3) is 0.0526. The van der Waals surface area contributed by atoms with E-state index < -0.39 is 0 Å². The summed E-state index contributed by atoms with van der Waals surface area (Å²) in [4.78, 5) is 1.15. The highest BCUT2D eigenvalue weighted by Crippen LogP contribution is 2.24. The minimum absolute atomic E-state index is 0.127. The summed E-state index contributed by atoms with van der Waals surface area (Å²) >= 11 is 13.2. The summed E-state index contributed by atoms with van der Waals surface area (Å²) in [5.41, 5.74) is 2.27. The average Bonchev–Trinajstić information content (AvgIpc) is 3.14. The van der Waals surface area contributed by atoms with Crippen LogP contribution in [0, 0.1) is 6.92 Å². The van der Waals surface area contributed by atoms with Crippen molar-refractivity contribution < 1.29 is 9.67 Å². The van der Waals surface area contributed by atoms with Gasteiger partial charge in [-0.1, -0.05) is 42.0 Å². The number of aliphatic hydroxyl groups is 1. The molecule has 0 fully saturated rings. The molecule has 0 radical (unpaired) electrons. The maximum atomic E-state index is 10.8. The summed E-state index contributed by atoms with van der Waals surface area (Å²) in [6, 6.07) is 15.1. The van der Waals surface area contributed by atoms with Crippen LogP contribution in [0.1, 0.15) is 10.4 Å². The smallest absolute Gasteiger partial charge is 0.289 e. The van der Waals surface area contributed by atoms with Gasteiger partial charge in [0.05, 0.1) is 4.88 Å². The molecule has 0 bridgehead atoms. The minimum Gasteiger partial charge on any atom is -0.501 e. The molecule has 0 atom stereocenters. The molecule has 2 N–H and O–H groups in total. The van der Waals surface area contributed by atoms with Crippen molar-refractivity contribution in [3.8, 4) is 0 Å². The Kier molecular flexibility index (Phi) is 5.48. The van der Waals surface area contributed by atoms with Crippen LogP contribution < -0.4 is 9.88 Å². The number of anilines is 1. The van der Waals surface area contributed by atoms with Crippen molar-refractivity contribution in [1.82, 2.24) is 0 Å². The highest BCUT2D eigenvalue weighted by Gasteiger charge is 2.24. The van der Waals surface area contributed by atoms with Gasteiger partial charge in [0.2, 0.25) is 5.76 Å². The van der Waals surface area contributed by atoms with E-state index in [1.165, 1.54) is 11.3 Å². The highest BCUT2D eigenvalue weighted by atomic mass is 35.5. The number of aryl methyl sites for hydroxylation is 1. The zero-order chi connectivity index (χ0) is 17.8. The molecule has 0 spiro atoms.